The van der Waals surface area contributed by atoms with E-state index in [-0.39, 0.29) is 18.5 Å². The number of amides is 2. The van der Waals surface area contributed by atoms with Crippen LogP contribution in [0.2, 0.25) is 0 Å². The SMILES string of the molecule is Cc1ccc(C)c(NC(=O)COC(=O)CCC(=O)Nc2cccc(C(F)(F)F)c2)c1. The fourth-order valence-corrected chi connectivity index (χ4v) is 2.49. The average molecular weight is 422 g/mol. The molecule has 9 heteroatoms. The topological polar surface area (TPSA) is 84.5 Å². The summed E-state index contributed by atoms with van der Waals surface area (Å²) in [6, 6.07) is 9.69. The molecule has 0 aliphatic rings. The van der Waals surface area contributed by atoms with Gasteiger partial charge < -0.3 is 15.4 Å². The quantitative estimate of drug-likeness (QED) is 0.655. The molecule has 0 atom stereocenters. The Kier molecular flexibility index (Phi) is 7.57. The molecule has 2 aromatic rings. The largest absolute Gasteiger partial charge is 0.456 e. The molecule has 30 heavy (non-hydrogen) atoms. The third-order valence-electron chi connectivity index (χ3n) is 4.06. The fraction of sp³-hybridized carbons (Fsp3) is 0.286. The van der Waals surface area contributed by atoms with Crippen molar-refractivity contribution in [2.24, 2.45) is 0 Å². The lowest BCUT2D eigenvalue weighted by Crippen LogP contribution is -2.22. The number of esters is 1. The minimum Gasteiger partial charge on any atom is -0.456 e. The van der Waals surface area contributed by atoms with Crippen LogP contribution in [0, 0.1) is 13.8 Å². The summed E-state index contributed by atoms with van der Waals surface area (Å²) in [6.07, 6.45) is -5.14. The zero-order valence-electron chi connectivity index (χ0n) is 16.4. The van der Waals surface area contributed by atoms with E-state index in [0.29, 0.717) is 5.69 Å². The first kappa shape index (κ1) is 22.9. The summed E-state index contributed by atoms with van der Waals surface area (Å²) in [4.78, 5) is 35.5. The fourth-order valence-electron chi connectivity index (χ4n) is 2.49. The van der Waals surface area contributed by atoms with Crippen molar-refractivity contribution in [1.29, 1.82) is 0 Å². The molecule has 6 nitrogen and oxygen atoms in total. The third kappa shape index (κ3) is 7.23. The zero-order chi connectivity index (χ0) is 22.3. The highest BCUT2D eigenvalue weighted by Gasteiger charge is 2.30. The molecule has 2 rings (SSSR count). The van der Waals surface area contributed by atoms with Crippen LogP contribution in [0.25, 0.3) is 0 Å². The van der Waals surface area contributed by atoms with E-state index in [1.165, 1.54) is 12.1 Å². The van der Waals surface area contributed by atoms with Gasteiger partial charge in [-0.15, -0.1) is 0 Å². The number of ether oxygens (including phenoxy) is 1. The van der Waals surface area contributed by atoms with E-state index >= 15 is 0 Å². The summed E-state index contributed by atoms with van der Waals surface area (Å²) in [5.74, 6) is -1.94. The number of hydrogen-bond donors (Lipinski definition) is 2. The van der Waals surface area contributed by atoms with Gasteiger partial charge in [-0.1, -0.05) is 18.2 Å². The highest BCUT2D eigenvalue weighted by atomic mass is 19.4. The van der Waals surface area contributed by atoms with Gasteiger partial charge >= 0.3 is 12.1 Å². The molecule has 2 aromatic carbocycles. The van der Waals surface area contributed by atoms with Crippen LogP contribution in [-0.4, -0.2) is 24.4 Å². The number of halogens is 3. The van der Waals surface area contributed by atoms with E-state index in [1.807, 2.05) is 26.0 Å². The predicted octanol–water partition coefficient (Wildman–Crippen LogP) is 4.22. The maximum Gasteiger partial charge on any atom is 0.416 e. The Morgan fingerprint density at radius 2 is 1.67 bits per heavy atom. The maximum atomic E-state index is 12.7. The standard InChI is InChI=1S/C21H21F3N2O4/c1-13-6-7-14(2)17(10-13)26-19(28)12-30-20(29)9-8-18(27)25-16-5-3-4-15(11-16)21(22,23)24/h3-7,10-11H,8-9,12H2,1-2H3,(H,25,27)(H,26,28). The third-order valence-corrected chi connectivity index (χ3v) is 4.06. The van der Waals surface area contributed by atoms with Gasteiger partial charge in [-0.2, -0.15) is 13.2 Å². The van der Waals surface area contributed by atoms with E-state index in [1.54, 1.807) is 6.07 Å². The van der Waals surface area contributed by atoms with Crippen molar-refractivity contribution in [3.8, 4) is 0 Å². The lowest BCUT2D eigenvalue weighted by molar-refractivity contribution is -0.147. The number of carbonyl (C=O) groups is 3. The van der Waals surface area contributed by atoms with Gasteiger partial charge in [0.15, 0.2) is 6.61 Å². The van der Waals surface area contributed by atoms with E-state index in [9.17, 15) is 27.6 Å². The summed E-state index contributed by atoms with van der Waals surface area (Å²) in [6.45, 7) is 3.19. The van der Waals surface area contributed by atoms with Crippen LogP contribution < -0.4 is 10.6 Å². The van der Waals surface area contributed by atoms with Crippen molar-refractivity contribution in [3.05, 3.63) is 59.2 Å². The Labute approximate surface area is 171 Å². The molecule has 0 aromatic heterocycles. The lowest BCUT2D eigenvalue weighted by atomic mass is 10.1. The van der Waals surface area contributed by atoms with E-state index in [2.05, 4.69) is 10.6 Å². The Hall–Kier alpha value is -3.36. The Morgan fingerprint density at radius 1 is 0.933 bits per heavy atom. The minimum absolute atomic E-state index is 0.0314. The van der Waals surface area contributed by atoms with Crippen molar-refractivity contribution in [2.75, 3.05) is 17.2 Å². The van der Waals surface area contributed by atoms with Crippen LogP contribution in [0.4, 0.5) is 24.5 Å². The zero-order valence-corrected chi connectivity index (χ0v) is 16.4. The van der Waals surface area contributed by atoms with Gasteiger partial charge in [-0.05, 0) is 49.2 Å². The number of hydrogen-bond acceptors (Lipinski definition) is 4. The number of anilines is 2. The molecule has 2 amide bonds. The maximum absolute atomic E-state index is 12.7. The van der Waals surface area contributed by atoms with Crippen LogP contribution in [0.3, 0.4) is 0 Å². The van der Waals surface area contributed by atoms with Crippen molar-refractivity contribution in [1.82, 2.24) is 0 Å². The first-order chi connectivity index (χ1) is 14.0. The normalized spacial score (nSPS) is 11.0. The molecule has 0 bridgehead atoms. The second-order valence-corrected chi connectivity index (χ2v) is 6.65. The smallest absolute Gasteiger partial charge is 0.416 e. The van der Waals surface area contributed by atoms with Gasteiger partial charge in [0, 0.05) is 17.8 Å². The van der Waals surface area contributed by atoms with Gasteiger partial charge in [-0.25, -0.2) is 0 Å². The summed E-state index contributed by atoms with van der Waals surface area (Å²) in [5.41, 5.74) is 1.49. The Morgan fingerprint density at radius 3 is 2.37 bits per heavy atom. The lowest BCUT2D eigenvalue weighted by Gasteiger charge is -2.10. The molecule has 0 heterocycles. The molecular formula is C21H21F3N2O4. The second-order valence-electron chi connectivity index (χ2n) is 6.65. The van der Waals surface area contributed by atoms with Crippen molar-refractivity contribution in [3.63, 3.8) is 0 Å². The van der Waals surface area contributed by atoms with E-state index in [4.69, 9.17) is 4.74 Å². The molecule has 0 fully saturated rings. The Bertz CT molecular complexity index is 942. The number of nitrogens with one attached hydrogen (secondary N) is 2. The van der Waals surface area contributed by atoms with Gasteiger partial charge in [0.1, 0.15) is 0 Å². The molecule has 2 N–H and O–H groups in total. The summed E-state index contributed by atoms with van der Waals surface area (Å²) in [7, 11) is 0. The first-order valence-electron chi connectivity index (χ1n) is 9.04. The highest BCUT2D eigenvalue weighted by molar-refractivity contribution is 5.95. The number of rotatable bonds is 7. The molecule has 0 aliphatic heterocycles. The van der Waals surface area contributed by atoms with E-state index in [0.717, 1.165) is 23.3 Å². The minimum atomic E-state index is -4.53. The average Bonchev–Trinajstić information content (AvgIpc) is 2.67. The van der Waals surface area contributed by atoms with Crippen LogP contribution in [0.5, 0.6) is 0 Å². The predicted molar refractivity (Wildman–Crippen MR) is 105 cm³/mol. The molecule has 0 aliphatic carbocycles. The van der Waals surface area contributed by atoms with Crippen LogP contribution in [-0.2, 0) is 25.3 Å². The van der Waals surface area contributed by atoms with E-state index < -0.39 is 36.1 Å². The molecule has 0 radical (unpaired) electrons. The van der Waals surface area contributed by atoms with Gasteiger partial charge in [0.2, 0.25) is 5.91 Å². The molecule has 0 saturated heterocycles. The van der Waals surface area contributed by atoms with Gasteiger partial charge in [0.05, 0.1) is 12.0 Å². The summed E-state index contributed by atoms with van der Waals surface area (Å²) >= 11 is 0. The second kappa shape index (κ2) is 9.91. The van der Waals surface area contributed by atoms with Gasteiger partial charge in [0.25, 0.3) is 5.91 Å². The molecule has 0 unspecified atom stereocenters. The molecular weight excluding hydrogens is 401 g/mol. The van der Waals surface area contributed by atoms with Crippen molar-refractivity contribution < 1.29 is 32.3 Å². The first-order valence-corrected chi connectivity index (χ1v) is 9.04. The van der Waals surface area contributed by atoms with Crippen molar-refractivity contribution in [2.45, 2.75) is 32.9 Å². The van der Waals surface area contributed by atoms with Crippen LogP contribution in [0.15, 0.2) is 42.5 Å². The number of alkyl halides is 3. The Balaban J connectivity index is 1.76. The number of carbonyl (C=O) groups excluding carboxylic acids is 3. The van der Waals surface area contributed by atoms with Crippen LogP contribution in [0.1, 0.15) is 29.5 Å². The van der Waals surface area contributed by atoms with Gasteiger partial charge in [-0.3, -0.25) is 14.4 Å². The number of benzene rings is 2. The monoisotopic (exact) mass is 422 g/mol. The molecule has 0 spiro atoms. The van der Waals surface area contributed by atoms with Crippen molar-refractivity contribution >= 4 is 29.2 Å². The summed E-state index contributed by atoms with van der Waals surface area (Å²) in [5, 5.41) is 4.93. The molecule has 160 valence electrons. The highest BCUT2D eigenvalue weighted by Crippen LogP contribution is 2.30. The molecule has 0 saturated carbocycles. The number of aryl methyl sites for hydroxylation is 2. The summed E-state index contributed by atoms with van der Waals surface area (Å²) < 4.78 is 42.9. The van der Waals surface area contributed by atoms with Crippen LogP contribution >= 0.6 is 0 Å².